The number of carbonyl (C=O) groups excluding carboxylic acids is 1. The van der Waals surface area contributed by atoms with Crippen LogP contribution < -0.4 is 10.2 Å². The van der Waals surface area contributed by atoms with Crippen LogP contribution in [0.4, 0.5) is 0 Å². The molecule has 168 valence electrons. The Hall–Kier alpha value is -2.34. The van der Waals surface area contributed by atoms with Crippen LogP contribution in [0.3, 0.4) is 0 Å². The van der Waals surface area contributed by atoms with Gasteiger partial charge in [-0.2, -0.15) is 0 Å². The first-order valence-corrected chi connectivity index (χ1v) is 11.9. The lowest BCUT2D eigenvalue weighted by Crippen LogP contribution is -2.45. The zero-order valence-corrected chi connectivity index (χ0v) is 19.0. The molecule has 1 aromatic carbocycles. The second-order valence-corrected chi connectivity index (χ2v) is 9.00. The SMILES string of the molecule is COc1ccccc1-c1nc(C(=O)NN2CCCCC2)c(C)n1CCC1CCCCC1. The summed E-state index contributed by atoms with van der Waals surface area (Å²) in [4.78, 5) is 18.0. The molecule has 0 radical (unpaired) electrons. The Balaban J connectivity index is 1.62. The molecule has 2 aliphatic rings. The molecule has 6 nitrogen and oxygen atoms in total. The molecular formula is C25H36N4O2. The van der Waals surface area contributed by atoms with Gasteiger partial charge in [0.25, 0.3) is 5.91 Å². The predicted molar refractivity (Wildman–Crippen MR) is 123 cm³/mol. The van der Waals surface area contributed by atoms with E-state index < -0.39 is 0 Å². The Bertz CT molecular complexity index is 880. The summed E-state index contributed by atoms with van der Waals surface area (Å²) in [6, 6.07) is 7.96. The molecule has 1 aliphatic carbocycles. The number of amides is 1. The van der Waals surface area contributed by atoms with Crippen molar-refractivity contribution in [3.8, 4) is 17.1 Å². The van der Waals surface area contributed by atoms with E-state index in [0.29, 0.717) is 5.69 Å². The van der Waals surface area contributed by atoms with Gasteiger partial charge >= 0.3 is 0 Å². The average Bonchev–Trinajstić information content (AvgIpc) is 3.15. The maximum atomic E-state index is 13.1. The number of piperidine rings is 1. The van der Waals surface area contributed by atoms with Gasteiger partial charge in [0.2, 0.25) is 0 Å². The Morgan fingerprint density at radius 1 is 1.10 bits per heavy atom. The summed E-state index contributed by atoms with van der Waals surface area (Å²) in [5, 5.41) is 2.04. The molecule has 2 heterocycles. The second kappa shape index (κ2) is 10.3. The second-order valence-electron chi connectivity index (χ2n) is 9.00. The summed E-state index contributed by atoms with van der Waals surface area (Å²) in [5.41, 5.74) is 5.49. The van der Waals surface area contributed by atoms with Gasteiger partial charge in [0, 0.05) is 25.3 Å². The summed E-state index contributed by atoms with van der Waals surface area (Å²) >= 11 is 0. The maximum Gasteiger partial charge on any atom is 0.286 e. The summed E-state index contributed by atoms with van der Waals surface area (Å²) in [6.07, 6.45) is 11.3. The highest BCUT2D eigenvalue weighted by Gasteiger charge is 2.25. The van der Waals surface area contributed by atoms with E-state index in [-0.39, 0.29) is 5.91 Å². The number of imidazole rings is 1. The molecule has 0 atom stereocenters. The largest absolute Gasteiger partial charge is 0.496 e. The van der Waals surface area contributed by atoms with Crippen LogP contribution in [0.1, 0.15) is 74.0 Å². The molecule has 4 rings (SSSR count). The lowest BCUT2D eigenvalue weighted by atomic mass is 9.87. The fourth-order valence-corrected chi connectivity index (χ4v) is 5.05. The Kier molecular flexibility index (Phi) is 7.28. The number of rotatable bonds is 7. The van der Waals surface area contributed by atoms with Crippen molar-refractivity contribution in [2.45, 2.75) is 71.3 Å². The number of hydrazine groups is 1. The average molecular weight is 425 g/mol. The van der Waals surface area contributed by atoms with Gasteiger partial charge in [-0.25, -0.2) is 9.99 Å². The predicted octanol–water partition coefficient (Wildman–Crippen LogP) is 4.97. The fourth-order valence-electron chi connectivity index (χ4n) is 5.05. The van der Waals surface area contributed by atoms with Crippen molar-refractivity contribution in [1.82, 2.24) is 20.0 Å². The van der Waals surface area contributed by atoms with Gasteiger partial charge in [-0.15, -0.1) is 0 Å². The maximum absolute atomic E-state index is 13.1. The van der Waals surface area contributed by atoms with Crippen molar-refractivity contribution in [3.05, 3.63) is 35.7 Å². The molecule has 2 fully saturated rings. The third kappa shape index (κ3) is 5.12. The van der Waals surface area contributed by atoms with Crippen LogP contribution in [0.2, 0.25) is 0 Å². The van der Waals surface area contributed by atoms with E-state index in [0.717, 1.165) is 67.6 Å². The molecule has 1 saturated carbocycles. The highest BCUT2D eigenvalue weighted by Crippen LogP contribution is 2.32. The first-order chi connectivity index (χ1) is 15.2. The molecule has 2 aromatic rings. The summed E-state index contributed by atoms with van der Waals surface area (Å²) in [5.74, 6) is 2.28. The minimum Gasteiger partial charge on any atom is -0.496 e. The van der Waals surface area contributed by atoms with Crippen LogP contribution in [0, 0.1) is 12.8 Å². The van der Waals surface area contributed by atoms with E-state index in [1.807, 2.05) is 36.2 Å². The van der Waals surface area contributed by atoms with Crippen LogP contribution in [-0.2, 0) is 6.54 Å². The lowest BCUT2D eigenvalue weighted by molar-refractivity contribution is 0.0744. The van der Waals surface area contributed by atoms with E-state index in [4.69, 9.17) is 9.72 Å². The zero-order chi connectivity index (χ0) is 21.6. The summed E-state index contributed by atoms with van der Waals surface area (Å²) in [7, 11) is 1.69. The smallest absolute Gasteiger partial charge is 0.286 e. The van der Waals surface area contributed by atoms with Crippen molar-refractivity contribution in [3.63, 3.8) is 0 Å². The number of carbonyl (C=O) groups is 1. The first kappa shape index (κ1) is 21.9. The highest BCUT2D eigenvalue weighted by molar-refractivity contribution is 5.94. The molecule has 0 bridgehead atoms. The van der Waals surface area contributed by atoms with E-state index in [1.54, 1.807) is 7.11 Å². The molecule has 1 aromatic heterocycles. The van der Waals surface area contributed by atoms with Crippen LogP contribution in [0.25, 0.3) is 11.4 Å². The molecule has 0 unspecified atom stereocenters. The molecule has 1 saturated heterocycles. The van der Waals surface area contributed by atoms with E-state index in [9.17, 15) is 4.79 Å². The van der Waals surface area contributed by atoms with Gasteiger partial charge in [-0.1, -0.05) is 50.7 Å². The van der Waals surface area contributed by atoms with E-state index in [1.165, 1.54) is 38.5 Å². The summed E-state index contributed by atoms with van der Waals surface area (Å²) < 4.78 is 7.85. The van der Waals surface area contributed by atoms with Gasteiger partial charge in [0.15, 0.2) is 5.69 Å². The van der Waals surface area contributed by atoms with Crippen molar-refractivity contribution >= 4 is 5.91 Å². The Morgan fingerprint density at radius 2 is 1.81 bits per heavy atom. The molecule has 31 heavy (non-hydrogen) atoms. The molecule has 6 heteroatoms. The number of nitrogens with zero attached hydrogens (tertiary/aromatic N) is 3. The number of hydrogen-bond acceptors (Lipinski definition) is 4. The minimum absolute atomic E-state index is 0.105. The number of aromatic nitrogens is 2. The van der Waals surface area contributed by atoms with Gasteiger partial charge in [-0.05, 0) is 44.2 Å². The normalized spacial score (nSPS) is 18.1. The van der Waals surface area contributed by atoms with Crippen molar-refractivity contribution < 1.29 is 9.53 Å². The van der Waals surface area contributed by atoms with E-state index >= 15 is 0 Å². The van der Waals surface area contributed by atoms with Gasteiger partial charge in [0.1, 0.15) is 11.6 Å². The summed E-state index contributed by atoms with van der Waals surface area (Å²) in [6.45, 7) is 4.73. The Labute approximate surface area is 186 Å². The van der Waals surface area contributed by atoms with Crippen molar-refractivity contribution in [2.75, 3.05) is 20.2 Å². The lowest BCUT2D eigenvalue weighted by Gasteiger charge is -2.26. The Morgan fingerprint density at radius 3 is 2.55 bits per heavy atom. The number of benzene rings is 1. The molecule has 1 amide bonds. The standard InChI is InChI=1S/C25H36N4O2/c1-19-23(25(30)27-28-16-9-4-10-17-28)26-24(21-13-7-8-14-22(21)31-2)29(19)18-15-20-11-5-3-6-12-20/h7-8,13-14,20H,3-6,9-12,15-18H2,1-2H3,(H,27,30). The minimum atomic E-state index is -0.105. The van der Waals surface area contributed by atoms with Crippen LogP contribution in [-0.4, -0.2) is 40.7 Å². The number of ether oxygens (including phenoxy) is 1. The van der Waals surface area contributed by atoms with Crippen LogP contribution in [0.5, 0.6) is 5.75 Å². The van der Waals surface area contributed by atoms with Crippen molar-refractivity contribution in [1.29, 1.82) is 0 Å². The number of para-hydroxylation sites is 1. The molecular weight excluding hydrogens is 388 g/mol. The first-order valence-electron chi connectivity index (χ1n) is 11.9. The molecule has 1 aliphatic heterocycles. The molecule has 1 N–H and O–H groups in total. The highest BCUT2D eigenvalue weighted by atomic mass is 16.5. The third-order valence-electron chi connectivity index (χ3n) is 6.89. The van der Waals surface area contributed by atoms with Crippen molar-refractivity contribution in [2.24, 2.45) is 5.92 Å². The van der Waals surface area contributed by atoms with Crippen LogP contribution >= 0.6 is 0 Å². The van der Waals surface area contributed by atoms with Crippen LogP contribution in [0.15, 0.2) is 24.3 Å². The molecule has 0 spiro atoms. The topological polar surface area (TPSA) is 59.4 Å². The monoisotopic (exact) mass is 424 g/mol. The quantitative estimate of drug-likeness (QED) is 0.682. The number of hydrogen-bond donors (Lipinski definition) is 1. The number of methoxy groups -OCH3 is 1. The third-order valence-corrected chi connectivity index (χ3v) is 6.89. The fraction of sp³-hybridized carbons (Fsp3) is 0.600. The number of nitrogens with one attached hydrogen (secondary N) is 1. The van der Waals surface area contributed by atoms with Gasteiger partial charge in [-0.3, -0.25) is 10.2 Å². The van der Waals surface area contributed by atoms with Gasteiger partial charge < -0.3 is 9.30 Å². The zero-order valence-electron chi connectivity index (χ0n) is 19.0. The van der Waals surface area contributed by atoms with Gasteiger partial charge in [0.05, 0.1) is 12.7 Å². The van der Waals surface area contributed by atoms with E-state index in [2.05, 4.69) is 9.99 Å².